The highest BCUT2D eigenvalue weighted by atomic mass is 16.5. The Hall–Kier alpha value is -1.74. The number of aliphatic hydroxyl groups excluding tert-OH is 1. The summed E-state index contributed by atoms with van der Waals surface area (Å²) < 4.78 is 7.50. The number of benzene rings is 1. The molecular formula is C15H19NO2. The maximum Gasteiger partial charge on any atom is 0.128 e. The van der Waals surface area contributed by atoms with Crippen LogP contribution < -0.4 is 4.74 Å². The molecule has 0 atom stereocenters. The van der Waals surface area contributed by atoms with E-state index in [9.17, 15) is 5.11 Å². The average Bonchev–Trinajstić information content (AvgIpc) is 2.66. The Morgan fingerprint density at radius 1 is 1.22 bits per heavy atom. The van der Waals surface area contributed by atoms with Crippen molar-refractivity contribution in [2.75, 3.05) is 7.11 Å². The lowest BCUT2D eigenvalue weighted by atomic mass is 10.1. The van der Waals surface area contributed by atoms with Crippen LogP contribution in [0.15, 0.2) is 24.3 Å². The number of hydrogen-bond donors (Lipinski definition) is 1. The van der Waals surface area contributed by atoms with Gasteiger partial charge in [-0.05, 0) is 37.6 Å². The van der Waals surface area contributed by atoms with Crippen LogP contribution in [0.4, 0.5) is 0 Å². The third-order valence-electron chi connectivity index (χ3n) is 3.44. The monoisotopic (exact) mass is 245 g/mol. The molecule has 0 amide bonds. The minimum Gasteiger partial charge on any atom is -0.496 e. The normalized spacial score (nSPS) is 10.7. The summed E-state index contributed by atoms with van der Waals surface area (Å²) >= 11 is 0. The maximum absolute atomic E-state index is 9.34. The van der Waals surface area contributed by atoms with Crippen molar-refractivity contribution < 1.29 is 9.84 Å². The summed E-state index contributed by atoms with van der Waals surface area (Å²) in [4.78, 5) is 0. The lowest BCUT2D eigenvalue weighted by Crippen LogP contribution is -1.97. The molecule has 18 heavy (non-hydrogen) atoms. The van der Waals surface area contributed by atoms with Crippen molar-refractivity contribution in [2.45, 2.75) is 20.5 Å². The van der Waals surface area contributed by atoms with Crippen LogP contribution in [0.25, 0.3) is 11.3 Å². The summed E-state index contributed by atoms with van der Waals surface area (Å²) in [6, 6.07) is 8.14. The smallest absolute Gasteiger partial charge is 0.128 e. The Morgan fingerprint density at radius 3 is 2.50 bits per heavy atom. The molecule has 2 rings (SSSR count). The van der Waals surface area contributed by atoms with Crippen LogP contribution in [0.3, 0.4) is 0 Å². The molecule has 0 aliphatic carbocycles. The number of rotatable bonds is 3. The minimum absolute atomic E-state index is 0.0633. The second-order valence-electron chi connectivity index (χ2n) is 4.56. The van der Waals surface area contributed by atoms with Gasteiger partial charge in [-0.1, -0.05) is 11.6 Å². The van der Waals surface area contributed by atoms with Gasteiger partial charge in [0.15, 0.2) is 0 Å². The summed E-state index contributed by atoms with van der Waals surface area (Å²) in [6.07, 6.45) is 0. The van der Waals surface area contributed by atoms with Crippen LogP contribution in [0, 0.1) is 13.8 Å². The van der Waals surface area contributed by atoms with Crippen LogP contribution in [-0.2, 0) is 13.7 Å². The Morgan fingerprint density at radius 2 is 1.94 bits per heavy atom. The summed E-state index contributed by atoms with van der Waals surface area (Å²) in [6.45, 7) is 4.14. The fourth-order valence-corrected chi connectivity index (χ4v) is 2.20. The molecule has 1 N–H and O–H groups in total. The first-order valence-electron chi connectivity index (χ1n) is 5.99. The molecule has 3 heteroatoms. The number of methoxy groups -OCH3 is 1. The first-order chi connectivity index (χ1) is 8.58. The zero-order valence-corrected chi connectivity index (χ0v) is 11.3. The van der Waals surface area contributed by atoms with Gasteiger partial charge in [0.05, 0.1) is 19.4 Å². The predicted octanol–water partition coefficient (Wildman–Crippen LogP) is 2.81. The Bertz CT molecular complexity index is 570. The number of aliphatic hydroxyl groups is 1. The fraction of sp³-hybridized carbons (Fsp3) is 0.333. The number of aryl methyl sites for hydroxylation is 1. The molecule has 0 aliphatic rings. The van der Waals surface area contributed by atoms with Gasteiger partial charge >= 0.3 is 0 Å². The maximum atomic E-state index is 9.34. The highest BCUT2D eigenvalue weighted by Crippen LogP contribution is 2.33. The Kier molecular flexibility index (Phi) is 3.43. The largest absolute Gasteiger partial charge is 0.496 e. The van der Waals surface area contributed by atoms with E-state index in [-0.39, 0.29) is 6.61 Å². The molecule has 0 saturated heterocycles. The van der Waals surface area contributed by atoms with Crippen LogP contribution in [0.5, 0.6) is 5.75 Å². The summed E-state index contributed by atoms with van der Waals surface area (Å²) in [5, 5.41) is 9.34. The van der Waals surface area contributed by atoms with E-state index in [4.69, 9.17) is 4.74 Å². The molecule has 1 aromatic heterocycles. The molecular weight excluding hydrogens is 226 g/mol. The molecule has 3 nitrogen and oxygen atoms in total. The topological polar surface area (TPSA) is 34.4 Å². The summed E-state index contributed by atoms with van der Waals surface area (Å²) in [7, 11) is 3.68. The lowest BCUT2D eigenvalue weighted by molar-refractivity contribution is 0.281. The second-order valence-corrected chi connectivity index (χ2v) is 4.56. The molecule has 2 aromatic rings. The average molecular weight is 245 g/mol. The predicted molar refractivity (Wildman–Crippen MR) is 72.8 cm³/mol. The van der Waals surface area contributed by atoms with Crippen molar-refractivity contribution in [1.82, 2.24) is 4.57 Å². The van der Waals surface area contributed by atoms with Crippen LogP contribution >= 0.6 is 0 Å². The SMILES string of the molecule is COc1ccc(C)cc1-c1cc(CO)c(C)n1C. The van der Waals surface area contributed by atoms with E-state index < -0.39 is 0 Å². The van der Waals surface area contributed by atoms with Crippen molar-refractivity contribution in [3.05, 3.63) is 41.1 Å². The number of nitrogens with zero attached hydrogens (tertiary/aromatic N) is 1. The van der Waals surface area contributed by atoms with Gasteiger partial charge < -0.3 is 14.4 Å². The molecule has 1 aromatic carbocycles. The molecule has 0 radical (unpaired) electrons. The quantitative estimate of drug-likeness (QED) is 0.902. The van der Waals surface area contributed by atoms with Gasteiger partial charge in [0, 0.05) is 18.3 Å². The van der Waals surface area contributed by atoms with Gasteiger partial charge in [-0.2, -0.15) is 0 Å². The van der Waals surface area contributed by atoms with Crippen molar-refractivity contribution in [2.24, 2.45) is 7.05 Å². The molecule has 0 unspecified atom stereocenters. The van der Waals surface area contributed by atoms with E-state index in [1.54, 1.807) is 7.11 Å². The molecule has 0 spiro atoms. The van der Waals surface area contributed by atoms with Gasteiger partial charge in [0.1, 0.15) is 5.75 Å². The molecule has 1 heterocycles. The molecule has 96 valence electrons. The number of aromatic nitrogens is 1. The van der Waals surface area contributed by atoms with E-state index in [1.807, 2.05) is 32.2 Å². The molecule has 0 bridgehead atoms. The molecule has 0 saturated carbocycles. The lowest BCUT2D eigenvalue weighted by Gasteiger charge is -2.11. The zero-order valence-electron chi connectivity index (χ0n) is 11.3. The van der Waals surface area contributed by atoms with E-state index in [0.717, 1.165) is 28.3 Å². The minimum atomic E-state index is 0.0633. The number of hydrogen-bond acceptors (Lipinski definition) is 2. The van der Waals surface area contributed by atoms with Crippen molar-refractivity contribution in [1.29, 1.82) is 0 Å². The van der Waals surface area contributed by atoms with E-state index >= 15 is 0 Å². The third-order valence-corrected chi connectivity index (χ3v) is 3.44. The number of ether oxygens (including phenoxy) is 1. The standard InChI is InChI=1S/C15H19NO2/c1-10-5-6-15(18-4)13(7-10)14-8-12(9-17)11(2)16(14)3/h5-8,17H,9H2,1-4H3. The Labute approximate surface area is 108 Å². The first-order valence-corrected chi connectivity index (χ1v) is 5.99. The fourth-order valence-electron chi connectivity index (χ4n) is 2.20. The zero-order chi connectivity index (χ0) is 13.3. The van der Waals surface area contributed by atoms with E-state index in [0.29, 0.717) is 0 Å². The second kappa shape index (κ2) is 4.86. The van der Waals surface area contributed by atoms with Crippen molar-refractivity contribution in [3.63, 3.8) is 0 Å². The Balaban J connectivity index is 2.64. The summed E-state index contributed by atoms with van der Waals surface area (Å²) in [5.74, 6) is 0.852. The van der Waals surface area contributed by atoms with Crippen molar-refractivity contribution >= 4 is 0 Å². The first kappa shape index (κ1) is 12.7. The molecule has 0 aliphatic heterocycles. The highest BCUT2D eigenvalue weighted by molar-refractivity contribution is 5.70. The third kappa shape index (κ3) is 2.02. The van der Waals surface area contributed by atoms with Crippen LogP contribution in [0.2, 0.25) is 0 Å². The van der Waals surface area contributed by atoms with Gasteiger partial charge in [-0.15, -0.1) is 0 Å². The van der Waals surface area contributed by atoms with Gasteiger partial charge in [0.2, 0.25) is 0 Å². The van der Waals surface area contributed by atoms with Gasteiger partial charge in [0.25, 0.3) is 0 Å². The van der Waals surface area contributed by atoms with Gasteiger partial charge in [-0.25, -0.2) is 0 Å². The van der Waals surface area contributed by atoms with Crippen LogP contribution in [-0.4, -0.2) is 16.8 Å². The highest BCUT2D eigenvalue weighted by Gasteiger charge is 2.13. The van der Waals surface area contributed by atoms with Gasteiger partial charge in [-0.3, -0.25) is 0 Å². The molecule has 0 fully saturated rings. The van der Waals surface area contributed by atoms with E-state index in [1.165, 1.54) is 5.56 Å². The van der Waals surface area contributed by atoms with E-state index in [2.05, 4.69) is 17.6 Å². The van der Waals surface area contributed by atoms with Crippen LogP contribution in [0.1, 0.15) is 16.8 Å². The summed E-state index contributed by atoms with van der Waals surface area (Å²) in [5.41, 5.74) is 5.35. The van der Waals surface area contributed by atoms with Crippen molar-refractivity contribution in [3.8, 4) is 17.0 Å².